The van der Waals surface area contributed by atoms with E-state index in [-0.39, 0.29) is 5.92 Å². The molecule has 0 saturated heterocycles. The molecule has 1 N–H and O–H groups in total. The Balaban J connectivity index is 2.65. The number of carboxylic acid groups (broad SMARTS) is 1. The van der Waals surface area contributed by atoms with E-state index in [1.165, 1.54) is 6.20 Å². The fourth-order valence-electron chi connectivity index (χ4n) is 2.87. The van der Waals surface area contributed by atoms with Crippen LogP contribution in [0.1, 0.15) is 59.8 Å². The van der Waals surface area contributed by atoms with Crippen LogP contribution in [0.25, 0.3) is 5.69 Å². The number of aromatic carboxylic acids is 1. The van der Waals surface area contributed by atoms with Crippen LogP contribution in [-0.4, -0.2) is 20.9 Å². The van der Waals surface area contributed by atoms with Crippen molar-refractivity contribution in [1.82, 2.24) is 9.78 Å². The van der Waals surface area contributed by atoms with E-state index < -0.39 is 5.97 Å². The molecule has 21 heavy (non-hydrogen) atoms. The molecule has 1 aromatic carbocycles. The van der Waals surface area contributed by atoms with Gasteiger partial charge in [-0.3, -0.25) is 0 Å². The van der Waals surface area contributed by atoms with Crippen molar-refractivity contribution in [3.8, 4) is 5.69 Å². The van der Waals surface area contributed by atoms with Gasteiger partial charge in [0.1, 0.15) is 5.56 Å². The zero-order valence-corrected chi connectivity index (χ0v) is 13.1. The topological polar surface area (TPSA) is 55.1 Å². The molecule has 4 nitrogen and oxygen atoms in total. The van der Waals surface area contributed by atoms with Crippen LogP contribution in [0.2, 0.25) is 0 Å². The molecule has 0 aliphatic rings. The molecular weight excluding hydrogens is 264 g/mol. The summed E-state index contributed by atoms with van der Waals surface area (Å²) in [6.45, 7) is 8.24. The molecule has 112 valence electrons. The van der Waals surface area contributed by atoms with E-state index >= 15 is 0 Å². The predicted molar refractivity (Wildman–Crippen MR) is 83.3 cm³/mol. The first-order chi connectivity index (χ1) is 9.97. The fraction of sp³-hybridized carbons (Fsp3) is 0.412. The lowest BCUT2D eigenvalue weighted by atomic mass is 9.96. The van der Waals surface area contributed by atoms with Gasteiger partial charge in [0.2, 0.25) is 0 Å². The summed E-state index contributed by atoms with van der Waals surface area (Å²) in [7, 11) is 0. The van der Waals surface area contributed by atoms with Crippen molar-refractivity contribution < 1.29 is 9.90 Å². The van der Waals surface area contributed by atoms with Crippen LogP contribution in [0.3, 0.4) is 0 Å². The molecule has 0 aliphatic carbocycles. The first-order valence-corrected chi connectivity index (χ1v) is 7.37. The summed E-state index contributed by atoms with van der Waals surface area (Å²) in [4.78, 5) is 11.5. The molecule has 0 aliphatic heterocycles. The van der Waals surface area contributed by atoms with Crippen LogP contribution in [0.4, 0.5) is 0 Å². The van der Waals surface area contributed by atoms with E-state index in [2.05, 4.69) is 25.0 Å². The second-order valence-electron chi connectivity index (χ2n) is 5.52. The molecule has 0 fully saturated rings. The van der Waals surface area contributed by atoms with Gasteiger partial charge in [0, 0.05) is 5.92 Å². The normalized spacial score (nSPS) is 11.1. The van der Waals surface area contributed by atoms with Gasteiger partial charge in [0.15, 0.2) is 0 Å². The van der Waals surface area contributed by atoms with Gasteiger partial charge >= 0.3 is 5.97 Å². The smallest absolute Gasteiger partial charge is 0.339 e. The Bertz CT molecular complexity index is 635. The number of aromatic nitrogens is 2. The van der Waals surface area contributed by atoms with Crippen LogP contribution < -0.4 is 0 Å². The van der Waals surface area contributed by atoms with Gasteiger partial charge in [0.05, 0.1) is 17.6 Å². The molecule has 1 heterocycles. The Morgan fingerprint density at radius 2 is 1.76 bits per heavy atom. The second kappa shape index (κ2) is 6.12. The zero-order valence-electron chi connectivity index (χ0n) is 13.1. The first kappa shape index (κ1) is 15.3. The van der Waals surface area contributed by atoms with Gasteiger partial charge in [-0.2, -0.15) is 5.10 Å². The highest BCUT2D eigenvalue weighted by molar-refractivity contribution is 5.89. The second-order valence-corrected chi connectivity index (χ2v) is 5.52. The molecule has 0 radical (unpaired) electrons. The maximum absolute atomic E-state index is 11.5. The van der Waals surface area contributed by atoms with Gasteiger partial charge in [-0.15, -0.1) is 0 Å². The van der Waals surface area contributed by atoms with E-state index in [9.17, 15) is 9.90 Å². The van der Waals surface area contributed by atoms with Gasteiger partial charge in [-0.1, -0.05) is 19.9 Å². The van der Waals surface area contributed by atoms with Crippen LogP contribution >= 0.6 is 0 Å². The maximum atomic E-state index is 11.5. The highest BCUT2D eigenvalue weighted by Gasteiger charge is 2.23. The van der Waals surface area contributed by atoms with Crippen molar-refractivity contribution >= 4 is 5.97 Å². The van der Waals surface area contributed by atoms with E-state index in [1.54, 1.807) is 4.68 Å². The number of hydrogen-bond acceptors (Lipinski definition) is 2. The first-order valence-electron chi connectivity index (χ1n) is 7.37. The number of rotatable bonds is 5. The van der Waals surface area contributed by atoms with Crippen molar-refractivity contribution in [3.05, 3.63) is 46.8 Å². The third-order valence-corrected chi connectivity index (χ3v) is 3.86. The molecule has 0 atom stereocenters. The number of carboxylic acids is 1. The third-order valence-electron chi connectivity index (χ3n) is 3.86. The summed E-state index contributed by atoms with van der Waals surface area (Å²) >= 11 is 0. The van der Waals surface area contributed by atoms with E-state index in [0.29, 0.717) is 5.56 Å². The average molecular weight is 286 g/mol. The summed E-state index contributed by atoms with van der Waals surface area (Å²) in [5.41, 5.74) is 4.34. The largest absolute Gasteiger partial charge is 0.478 e. The monoisotopic (exact) mass is 286 g/mol. The summed E-state index contributed by atoms with van der Waals surface area (Å²) < 4.78 is 1.79. The highest BCUT2D eigenvalue weighted by atomic mass is 16.4. The van der Waals surface area contributed by atoms with Crippen LogP contribution in [0.15, 0.2) is 24.4 Å². The summed E-state index contributed by atoms with van der Waals surface area (Å²) in [5.74, 6) is -0.716. The molecule has 2 aromatic rings. The number of carbonyl (C=O) groups is 1. The number of nitrogens with zero attached hydrogens (tertiary/aromatic N) is 2. The Morgan fingerprint density at radius 3 is 2.24 bits per heavy atom. The minimum absolute atomic E-state index is 0.194. The summed E-state index contributed by atoms with van der Waals surface area (Å²) in [6.07, 6.45) is 3.26. The highest BCUT2D eigenvalue weighted by Crippen LogP contribution is 2.29. The van der Waals surface area contributed by atoms with Crippen molar-refractivity contribution in [2.75, 3.05) is 0 Å². The van der Waals surface area contributed by atoms with Crippen molar-refractivity contribution in [2.24, 2.45) is 0 Å². The van der Waals surface area contributed by atoms with Crippen molar-refractivity contribution in [3.63, 3.8) is 0 Å². The van der Waals surface area contributed by atoms with E-state index in [0.717, 1.165) is 35.3 Å². The molecule has 1 aromatic heterocycles. The predicted octanol–water partition coefficient (Wildman–Crippen LogP) is 4.09. The minimum atomic E-state index is -0.910. The Hall–Kier alpha value is -2.10. The lowest BCUT2D eigenvalue weighted by Gasteiger charge is -2.17. The third kappa shape index (κ3) is 2.99. The van der Waals surface area contributed by atoms with Gasteiger partial charge in [-0.05, 0) is 49.9 Å². The molecule has 0 spiro atoms. The summed E-state index contributed by atoms with van der Waals surface area (Å²) in [5, 5.41) is 13.8. The maximum Gasteiger partial charge on any atom is 0.339 e. The number of hydrogen-bond donors (Lipinski definition) is 1. The van der Waals surface area contributed by atoms with Crippen LogP contribution in [0.5, 0.6) is 0 Å². The Labute approximate surface area is 125 Å². The Morgan fingerprint density at radius 1 is 1.19 bits per heavy atom. The molecule has 2 rings (SSSR count). The SMILES string of the molecule is CCC(CC)c1c(C(=O)O)cnn1-c1cc(C)cc(C)c1. The summed E-state index contributed by atoms with van der Waals surface area (Å²) in [6, 6.07) is 6.18. The molecular formula is C17H22N2O2. The number of aryl methyl sites for hydroxylation is 2. The van der Waals surface area contributed by atoms with Crippen molar-refractivity contribution in [1.29, 1.82) is 0 Å². The van der Waals surface area contributed by atoms with E-state index in [1.807, 2.05) is 26.0 Å². The quantitative estimate of drug-likeness (QED) is 0.900. The Kier molecular flexibility index (Phi) is 4.46. The number of benzene rings is 1. The molecule has 0 unspecified atom stereocenters. The molecule has 0 bridgehead atoms. The zero-order chi connectivity index (χ0) is 15.6. The standard InChI is InChI=1S/C17H22N2O2/c1-5-13(6-2)16-15(17(20)21)10-18-19(16)14-8-11(3)7-12(4)9-14/h7-10,13H,5-6H2,1-4H3,(H,20,21). The van der Waals surface area contributed by atoms with Crippen molar-refractivity contribution in [2.45, 2.75) is 46.5 Å². The fourth-order valence-corrected chi connectivity index (χ4v) is 2.87. The van der Waals surface area contributed by atoms with Crippen LogP contribution in [0, 0.1) is 13.8 Å². The molecule has 0 amide bonds. The average Bonchev–Trinajstić information content (AvgIpc) is 2.84. The van der Waals surface area contributed by atoms with Gasteiger partial charge in [0.25, 0.3) is 0 Å². The molecule has 4 heteroatoms. The van der Waals surface area contributed by atoms with Crippen LogP contribution in [-0.2, 0) is 0 Å². The molecule has 0 saturated carbocycles. The minimum Gasteiger partial charge on any atom is -0.478 e. The van der Waals surface area contributed by atoms with E-state index in [4.69, 9.17) is 0 Å². The van der Waals surface area contributed by atoms with Gasteiger partial charge in [-0.25, -0.2) is 9.48 Å². The lowest BCUT2D eigenvalue weighted by Crippen LogP contribution is -2.11. The lowest BCUT2D eigenvalue weighted by molar-refractivity contribution is 0.0695. The van der Waals surface area contributed by atoms with Gasteiger partial charge < -0.3 is 5.11 Å².